The van der Waals surface area contributed by atoms with E-state index in [0.717, 1.165) is 50.1 Å². The summed E-state index contributed by atoms with van der Waals surface area (Å²) in [4.78, 5) is 15.2. The summed E-state index contributed by atoms with van der Waals surface area (Å²) in [6.45, 7) is 0. The molecule has 0 amide bonds. The van der Waals surface area contributed by atoms with Crippen molar-refractivity contribution >= 4 is 32.6 Å². The van der Waals surface area contributed by atoms with E-state index in [0.29, 0.717) is 23.0 Å². The Morgan fingerprint density at radius 3 is 1.65 bits per heavy atom. The SMILES string of the molecule is N#Cc1ccc(-c2cc(-c3nc(-c4ccccc4)nc(-c4ccccc4)n3)cc(-n3c4ccccc4c4ccc(-c5cccc6ccccc56)cc43)c2)cc1. The summed E-state index contributed by atoms with van der Waals surface area (Å²) in [5, 5.41) is 14.4. The van der Waals surface area contributed by atoms with E-state index in [9.17, 15) is 5.26 Å². The van der Waals surface area contributed by atoms with Crippen LogP contribution in [0, 0.1) is 11.3 Å². The van der Waals surface area contributed by atoms with Crippen LogP contribution in [0.3, 0.4) is 0 Å². The second-order valence-corrected chi connectivity index (χ2v) is 13.6. The van der Waals surface area contributed by atoms with Gasteiger partial charge in [0.1, 0.15) is 0 Å². The largest absolute Gasteiger partial charge is 0.309 e. The Balaban J connectivity index is 1.25. The van der Waals surface area contributed by atoms with Gasteiger partial charge in [0, 0.05) is 33.2 Å². The lowest BCUT2D eigenvalue weighted by Gasteiger charge is -2.15. The number of hydrogen-bond acceptors (Lipinski definition) is 4. The molecule has 5 nitrogen and oxygen atoms in total. The Hall–Kier alpha value is -7.68. The van der Waals surface area contributed by atoms with Crippen LogP contribution >= 0.6 is 0 Å². The summed E-state index contributed by atoms with van der Waals surface area (Å²) < 4.78 is 2.35. The van der Waals surface area contributed by atoms with Crippen LogP contribution in [0.4, 0.5) is 0 Å². The molecule has 0 saturated heterocycles. The molecule has 0 radical (unpaired) electrons. The van der Waals surface area contributed by atoms with E-state index in [2.05, 4.69) is 114 Å². The number of benzene rings is 8. The molecule has 0 aliphatic rings. The van der Waals surface area contributed by atoms with E-state index in [1.807, 2.05) is 84.9 Å². The van der Waals surface area contributed by atoms with Crippen molar-refractivity contribution in [1.82, 2.24) is 19.5 Å². The summed E-state index contributed by atoms with van der Waals surface area (Å²) in [6.07, 6.45) is 0. The molecule has 8 aromatic carbocycles. The van der Waals surface area contributed by atoms with Crippen LogP contribution in [0.5, 0.6) is 0 Å². The molecule has 256 valence electrons. The molecule has 0 saturated carbocycles. The first-order chi connectivity index (χ1) is 27.2. The number of rotatable bonds is 6. The van der Waals surface area contributed by atoms with E-state index in [4.69, 9.17) is 15.0 Å². The standard InChI is InChI=1S/C50H31N5/c51-32-33-22-24-34(25-23-33)39-28-40(50-53-48(36-13-3-1-4-14-36)52-49(54-50)37-15-5-2-6-16-37)30-41(29-39)55-46-21-10-9-19-44(46)45-27-26-38(31-47(45)55)43-20-11-17-35-12-7-8-18-42(35)43/h1-31H. The highest BCUT2D eigenvalue weighted by molar-refractivity contribution is 6.11. The summed E-state index contributed by atoms with van der Waals surface area (Å²) in [6, 6.07) is 67.1. The zero-order valence-corrected chi connectivity index (χ0v) is 29.6. The lowest BCUT2D eigenvalue weighted by molar-refractivity contribution is 1.07. The van der Waals surface area contributed by atoms with Crippen molar-refractivity contribution in [3.63, 3.8) is 0 Å². The molecular formula is C50H31N5. The van der Waals surface area contributed by atoms with Crippen LogP contribution in [0.2, 0.25) is 0 Å². The Kier molecular flexibility index (Phi) is 7.79. The fourth-order valence-corrected chi connectivity index (χ4v) is 7.60. The second-order valence-electron chi connectivity index (χ2n) is 13.6. The molecule has 0 aliphatic heterocycles. The van der Waals surface area contributed by atoms with E-state index >= 15 is 0 Å². The van der Waals surface area contributed by atoms with Crippen molar-refractivity contribution < 1.29 is 0 Å². The van der Waals surface area contributed by atoms with E-state index in [1.165, 1.54) is 27.1 Å². The number of fused-ring (bicyclic) bond motifs is 4. The highest BCUT2D eigenvalue weighted by Gasteiger charge is 2.18. The normalized spacial score (nSPS) is 11.3. The molecule has 2 aromatic heterocycles. The van der Waals surface area contributed by atoms with E-state index in [1.54, 1.807) is 0 Å². The predicted octanol–water partition coefficient (Wildman–Crippen LogP) is 12.3. The molecule has 0 N–H and O–H groups in total. The van der Waals surface area contributed by atoms with Crippen LogP contribution in [-0.2, 0) is 0 Å². The molecule has 0 unspecified atom stereocenters. The molecule has 0 bridgehead atoms. The number of hydrogen-bond donors (Lipinski definition) is 0. The molecule has 0 spiro atoms. The predicted molar refractivity (Wildman–Crippen MR) is 224 cm³/mol. The minimum absolute atomic E-state index is 0.571. The molecule has 2 heterocycles. The number of para-hydroxylation sites is 1. The zero-order valence-electron chi connectivity index (χ0n) is 29.6. The molecule has 0 fully saturated rings. The van der Waals surface area contributed by atoms with Gasteiger partial charge in [-0.2, -0.15) is 5.26 Å². The third-order valence-corrected chi connectivity index (χ3v) is 10.3. The van der Waals surface area contributed by atoms with Crippen molar-refractivity contribution in [2.75, 3.05) is 0 Å². The Labute approximate surface area is 318 Å². The number of nitriles is 1. The van der Waals surface area contributed by atoms with Crippen LogP contribution in [0.15, 0.2) is 188 Å². The molecular weight excluding hydrogens is 671 g/mol. The Morgan fingerprint density at radius 1 is 0.382 bits per heavy atom. The van der Waals surface area contributed by atoms with Gasteiger partial charge in [0.15, 0.2) is 17.5 Å². The Morgan fingerprint density at radius 2 is 0.945 bits per heavy atom. The van der Waals surface area contributed by atoms with Crippen LogP contribution in [0.25, 0.3) is 94.7 Å². The zero-order chi connectivity index (χ0) is 36.7. The summed E-state index contributed by atoms with van der Waals surface area (Å²) in [5.41, 5.74) is 10.8. The third kappa shape index (κ3) is 5.79. The number of aromatic nitrogens is 4. The van der Waals surface area contributed by atoms with E-state index in [-0.39, 0.29) is 0 Å². The maximum absolute atomic E-state index is 9.59. The molecule has 10 rings (SSSR count). The average Bonchev–Trinajstić information content (AvgIpc) is 3.60. The minimum atomic E-state index is 0.571. The average molecular weight is 702 g/mol. The van der Waals surface area contributed by atoms with Gasteiger partial charge in [-0.1, -0.05) is 146 Å². The van der Waals surface area contributed by atoms with Crippen molar-refractivity contribution in [3.05, 3.63) is 194 Å². The van der Waals surface area contributed by atoms with Crippen molar-refractivity contribution in [2.24, 2.45) is 0 Å². The molecule has 0 atom stereocenters. The van der Waals surface area contributed by atoms with Gasteiger partial charge in [0.25, 0.3) is 0 Å². The highest BCUT2D eigenvalue weighted by atomic mass is 15.0. The fraction of sp³-hybridized carbons (Fsp3) is 0. The van der Waals surface area contributed by atoms with Gasteiger partial charge in [-0.3, -0.25) is 0 Å². The molecule has 5 heteroatoms. The lowest BCUT2D eigenvalue weighted by atomic mass is 9.97. The topological polar surface area (TPSA) is 67.4 Å². The highest BCUT2D eigenvalue weighted by Crippen LogP contribution is 2.39. The molecule has 10 aromatic rings. The van der Waals surface area contributed by atoms with Gasteiger partial charge in [-0.25, -0.2) is 15.0 Å². The van der Waals surface area contributed by atoms with Crippen LogP contribution < -0.4 is 0 Å². The van der Waals surface area contributed by atoms with Crippen LogP contribution in [0.1, 0.15) is 5.56 Å². The fourth-order valence-electron chi connectivity index (χ4n) is 7.60. The summed E-state index contributed by atoms with van der Waals surface area (Å²) >= 11 is 0. The van der Waals surface area contributed by atoms with Crippen LogP contribution in [-0.4, -0.2) is 19.5 Å². The molecule has 0 aliphatic carbocycles. The Bertz CT molecular complexity index is 3020. The molecule has 55 heavy (non-hydrogen) atoms. The first kappa shape index (κ1) is 32.0. The lowest BCUT2D eigenvalue weighted by Crippen LogP contribution is -2.02. The monoisotopic (exact) mass is 701 g/mol. The maximum atomic E-state index is 9.59. The minimum Gasteiger partial charge on any atom is -0.309 e. The van der Waals surface area contributed by atoms with Gasteiger partial charge < -0.3 is 4.57 Å². The van der Waals surface area contributed by atoms with Gasteiger partial charge in [-0.15, -0.1) is 0 Å². The van der Waals surface area contributed by atoms with Crippen molar-refractivity contribution in [2.45, 2.75) is 0 Å². The summed E-state index contributed by atoms with van der Waals surface area (Å²) in [7, 11) is 0. The quantitative estimate of drug-likeness (QED) is 0.173. The maximum Gasteiger partial charge on any atom is 0.164 e. The van der Waals surface area contributed by atoms with Gasteiger partial charge in [0.2, 0.25) is 0 Å². The van der Waals surface area contributed by atoms with E-state index < -0.39 is 0 Å². The first-order valence-corrected chi connectivity index (χ1v) is 18.2. The van der Waals surface area contributed by atoms with Crippen molar-refractivity contribution in [1.29, 1.82) is 5.26 Å². The third-order valence-electron chi connectivity index (χ3n) is 10.3. The van der Waals surface area contributed by atoms with Gasteiger partial charge in [0.05, 0.1) is 22.7 Å². The van der Waals surface area contributed by atoms with Crippen molar-refractivity contribution in [3.8, 4) is 68.2 Å². The summed E-state index contributed by atoms with van der Waals surface area (Å²) in [5.74, 6) is 1.78. The number of nitrogens with zero attached hydrogens (tertiary/aromatic N) is 5. The smallest absolute Gasteiger partial charge is 0.164 e. The second kappa shape index (κ2) is 13.4. The first-order valence-electron chi connectivity index (χ1n) is 18.2. The van der Waals surface area contributed by atoms with Gasteiger partial charge >= 0.3 is 0 Å². The van der Waals surface area contributed by atoms with Gasteiger partial charge in [-0.05, 0) is 75.5 Å².